The number of halogens is 2. The molecule has 1 heterocycles. The van der Waals surface area contributed by atoms with Gasteiger partial charge in [0, 0.05) is 28.5 Å². The van der Waals surface area contributed by atoms with Gasteiger partial charge in [-0.05, 0) is 74.4 Å². The van der Waals surface area contributed by atoms with Gasteiger partial charge in [0.15, 0.2) is 0 Å². The smallest absolute Gasteiger partial charge is 0.264 e. The first-order chi connectivity index (χ1) is 19.7. The van der Waals surface area contributed by atoms with Gasteiger partial charge in [0.25, 0.3) is 10.1 Å². The van der Waals surface area contributed by atoms with Gasteiger partial charge in [0.2, 0.25) is 15.9 Å². The lowest BCUT2D eigenvalue weighted by Gasteiger charge is -2.52. The number of carbonyl (C=O) groups excluding carboxylic acids is 1. The quantitative estimate of drug-likeness (QED) is 0.214. The summed E-state index contributed by atoms with van der Waals surface area (Å²) in [6, 6.07) is 13.5. The van der Waals surface area contributed by atoms with Crippen molar-refractivity contribution in [3.8, 4) is 0 Å². The summed E-state index contributed by atoms with van der Waals surface area (Å²) in [5, 5.41) is 1.05. The lowest BCUT2D eigenvalue weighted by atomic mass is 9.66. The van der Waals surface area contributed by atoms with E-state index in [4.69, 9.17) is 27.4 Å². The Morgan fingerprint density at radius 1 is 1.10 bits per heavy atom. The number of piperidine rings is 1. The molecule has 42 heavy (non-hydrogen) atoms. The van der Waals surface area contributed by atoms with Crippen molar-refractivity contribution in [3.05, 3.63) is 82.4 Å². The van der Waals surface area contributed by atoms with E-state index in [0.29, 0.717) is 29.3 Å². The van der Waals surface area contributed by atoms with Crippen molar-refractivity contribution in [2.75, 3.05) is 19.4 Å². The van der Waals surface area contributed by atoms with Gasteiger partial charge in [-0.15, -0.1) is 6.58 Å². The summed E-state index contributed by atoms with van der Waals surface area (Å²) >= 11 is 12.7. The molecule has 4 rings (SSSR count). The molecule has 0 aromatic heterocycles. The number of nitrogens with one attached hydrogen (secondary N) is 1. The van der Waals surface area contributed by atoms with E-state index < -0.39 is 42.4 Å². The molecule has 0 radical (unpaired) electrons. The fourth-order valence-electron chi connectivity index (χ4n) is 5.81. The third kappa shape index (κ3) is 7.05. The van der Waals surface area contributed by atoms with E-state index in [1.54, 1.807) is 36.1 Å². The highest BCUT2D eigenvalue weighted by atomic mass is 35.5. The zero-order valence-corrected chi connectivity index (χ0v) is 27.2. The van der Waals surface area contributed by atoms with Crippen LogP contribution in [0.25, 0.3) is 0 Å². The molecule has 2 aromatic carbocycles. The van der Waals surface area contributed by atoms with Crippen LogP contribution in [0.2, 0.25) is 10.0 Å². The summed E-state index contributed by atoms with van der Waals surface area (Å²) in [5.74, 6) is -0.676. The van der Waals surface area contributed by atoms with Crippen LogP contribution in [0.15, 0.2) is 61.2 Å². The van der Waals surface area contributed by atoms with Gasteiger partial charge in [0.1, 0.15) is 0 Å². The summed E-state index contributed by atoms with van der Waals surface area (Å²) in [4.78, 5) is 16.5. The molecule has 12 heteroatoms. The highest BCUT2D eigenvalue weighted by molar-refractivity contribution is 7.91. The fraction of sp³-hybridized carbons (Fsp3) is 0.500. The van der Waals surface area contributed by atoms with E-state index in [0.717, 1.165) is 17.4 Å². The van der Waals surface area contributed by atoms with Gasteiger partial charge >= 0.3 is 0 Å². The lowest BCUT2D eigenvalue weighted by Crippen LogP contribution is -2.60. The zero-order chi connectivity index (χ0) is 30.9. The van der Waals surface area contributed by atoms with Crippen molar-refractivity contribution in [1.82, 2.24) is 9.62 Å². The molecule has 0 spiro atoms. The summed E-state index contributed by atoms with van der Waals surface area (Å²) < 4.78 is 57.8. The lowest BCUT2D eigenvalue weighted by molar-refractivity contribution is -0.158. The van der Waals surface area contributed by atoms with Gasteiger partial charge in [-0.1, -0.05) is 60.5 Å². The molecular weight excluding hydrogens is 619 g/mol. The van der Waals surface area contributed by atoms with E-state index in [9.17, 15) is 21.6 Å². The van der Waals surface area contributed by atoms with Crippen molar-refractivity contribution >= 4 is 49.3 Å². The molecule has 1 aliphatic heterocycles. The maximum atomic E-state index is 14.8. The van der Waals surface area contributed by atoms with Crippen molar-refractivity contribution in [2.24, 2.45) is 5.41 Å². The predicted octanol–water partition coefficient (Wildman–Crippen LogP) is 5.84. The Labute approximate surface area is 259 Å². The average molecular weight is 658 g/mol. The standard InChI is InChI=1S/C30H38Cl2N2O6S2/c1-5-14-30(20-40-41(4,36)37)18-26(22-8-7-9-24(32)17-22)27(21-10-12-23(31)13-11-21)34(28(30)35)25(6-2)19-33-42(38,39)29(3)15-16-29/h5,7-13,17,25-27,33H,1,6,14-16,18-20H2,2-4H3/t25-,26+,27+,30-/m0/s1. The van der Waals surface area contributed by atoms with Crippen molar-refractivity contribution in [1.29, 1.82) is 0 Å². The molecular formula is C30H38Cl2N2O6S2. The van der Waals surface area contributed by atoms with Crippen LogP contribution >= 0.6 is 23.2 Å². The molecule has 4 atom stereocenters. The molecule has 230 valence electrons. The van der Waals surface area contributed by atoms with Crippen LogP contribution in [0.4, 0.5) is 0 Å². The summed E-state index contributed by atoms with van der Waals surface area (Å²) in [6.07, 6.45) is 4.55. The second-order valence-electron chi connectivity index (χ2n) is 11.7. The van der Waals surface area contributed by atoms with Crippen LogP contribution in [0, 0.1) is 5.41 Å². The Morgan fingerprint density at radius 3 is 2.31 bits per heavy atom. The third-order valence-electron chi connectivity index (χ3n) is 8.53. The topological polar surface area (TPSA) is 110 Å². The zero-order valence-electron chi connectivity index (χ0n) is 24.1. The van der Waals surface area contributed by atoms with E-state index in [2.05, 4.69) is 11.3 Å². The molecule has 2 aliphatic rings. The highest BCUT2D eigenvalue weighted by Gasteiger charge is 2.55. The molecule has 2 aromatic rings. The molecule has 0 unspecified atom stereocenters. The molecule has 2 fully saturated rings. The summed E-state index contributed by atoms with van der Waals surface area (Å²) in [5.41, 5.74) is 0.383. The minimum absolute atomic E-state index is 0.00359. The Hall–Kier alpha value is -1.95. The normalized spacial score (nSPS) is 24.8. The van der Waals surface area contributed by atoms with E-state index in [1.165, 1.54) is 0 Å². The molecule has 1 saturated carbocycles. The van der Waals surface area contributed by atoms with Crippen molar-refractivity contribution in [3.63, 3.8) is 0 Å². The molecule has 1 amide bonds. The van der Waals surface area contributed by atoms with Gasteiger partial charge < -0.3 is 4.90 Å². The SMILES string of the molecule is C=CC[C@@]1(COS(C)(=O)=O)C[C@H](c2cccc(Cl)c2)[C@@H](c2ccc(Cl)cc2)N([C@@H](CC)CNS(=O)(=O)C2(C)CC2)C1=O. The Bertz CT molecular complexity index is 1530. The second-order valence-corrected chi connectivity index (χ2v) is 16.5. The van der Waals surface area contributed by atoms with E-state index >= 15 is 0 Å². The molecule has 1 saturated heterocycles. The van der Waals surface area contributed by atoms with E-state index in [-0.39, 0.29) is 37.8 Å². The largest absolute Gasteiger partial charge is 0.330 e. The van der Waals surface area contributed by atoms with Crippen LogP contribution in [0.3, 0.4) is 0 Å². The van der Waals surface area contributed by atoms with E-state index in [1.807, 2.05) is 37.3 Å². The fourth-order valence-corrected chi connectivity index (χ4v) is 7.97. The predicted molar refractivity (Wildman–Crippen MR) is 167 cm³/mol. The first-order valence-corrected chi connectivity index (χ1v) is 18.0. The van der Waals surface area contributed by atoms with Gasteiger partial charge in [-0.25, -0.2) is 13.1 Å². The van der Waals surface area contributed by atoms with Crippen molar-refractivity contribution in [2.45, 2.75) is 68.7 Å². The molecule has 0 bridgehead atoms. The number of hydrogen-bond donors (Lipinski definition) is 1. The number of allylic oxidation sites excluding steroid dienone is 1. The highest BCUT2D eigenvalue weighted by Crippen LogP contribution is 2.53. The van der Waals surface area contributed by atoms with Crippen LogP contribution in [-0.4, -0.2) is 57.8 Å². The third-order valence-corrected chi connectivity index (χ3v) is 11.8. The molecule has 1 N–H and O–H groups in total. The minimum atomic E-state index is -3.88. The second kappa shape index (κ2) is 12.6. The summed E-state index contributed by atoms with van der Waals surface area (Å²) in [7, 11) is -7.50. The van der Waals surface area contributed by atoms with Crippen LogP contribution in [0.5, 0.6) is 0 Å². The number of amides is 1. The number of benzene rings is 2. The number of likely N-dealkylation sites (tertiary alicyclic amines) is 1. The Balaban J connectivity index is 1.89. The Kier molecular flexibility index (Phi) is 9.87. The maximum Gasteiger partial charge on any atom is 0.264 e. The number of nitrogens with zero attached hydrogens (tertiary/aromatic N) is 1. The van der Waals surface area contributed by atoms with Crippen LogP contribution < -0.4 is 4.72 Å². The van der Waals surface area contributed by atoms with Crippen LogP contribution in [-0.2, 0) is 29.1 Å². The Morgan fingerprint density at radius 2 is 1.76 bits per heavy atom. The average Bonchev–Trinajstić information content (AvgIpc) is 3.69. The minimum Gasteiger partial charge on any atom is -0.330 e. The molecule has 1 aliphatic carbocycles. The number of hydrogen-bond acceptors (Lipinski definition) is 6. The monoisotopic (exact) mass is 656 g/mol. The number of rotatable bonds is 13. The first-order valence-electron chi connectivity index (χ1n) is 13.9. The van der Waals surface area contributed by atoms with Gasteiger partial charge in [-0.2, -0.15) is 8.42 Å². The molecule has 8 nitrogen and oxygen atoms in total. The maximum absolute atomic E-state index is 14.8. The summed E-state index contributed by atoms with van der Waals surface area (Å²) in [6.45, 7) is 7.11. The van der Waals surface area contributed by atoms with Gasteiger partial charge in [-0.3, -0.25) is 8.98 Å². The van der Waals surface area contributed by atoms with Gasteiger partial charge in [0.05, 0.1) is 29.1 Å². The van der Waals surface area contributed by atoms with Crippen LogP contribution in [0.1, 0.15) is 69.0 Å². The van der Waals surface area contributed by atoms with Crippen molar-refractivity contribution < 1.29 is 25.8 Å². The number of carbonyl (C=O) groups is 1. The first kappa shape index (κ1) is 33.0. The number of sulfonamides is 1.